The molecule has 1 aromatic heterocycles. The van der Waals surface area contributed by atoms with Crippen molar-refractivity contribution in [3.63, 3.8) is 0 Å². The molecule has 0 bridgehead atoms. The van der Waals surface area contributed by atoms with Crippen molar-refractivity contribution in [2.75, 3.05) is 12.3 Å². The van der Waals surface area contributed by atoms with E-state index in [-0.39, 0.29) is 12.4 Å². The van der Waals surface area contributed by atoms with Crippen molar-refractivity contribution < 1.29 is 24.5 Å². The molecule has 110 valence electrons. The van der Waals surface area contributed by atoms with E-state index in [0.717, 1.165) is 4.57 Å². The zero-order valence-corrected chi connectivity index (χ0v) is 10.7. The van der Waals surface area contributed by atoms with Crippen LogP contribution in [0.1, 0.15) is 13.2 Å². The number of nitrogens with zero attached hydrogens (tertiary/aromatic N) is 2. The minimum Gasteiger partial charge on any atom is -0.463 e. The number of aliphatic hydroxyl groups excluding tert-OH is 2. The van der Waals surface area contributed by atoms with Gasteiger partial charge in [0.15, 0.2) is 6.23 Å². The Morgan fingerprint density at radius 2 is 2.25 bits per heavy atom. The fraction of sp³-hybridized carbons (Fsp3) is 0.545. The number of anilines is 1. The molecule has 1 saturated heterocycles. The molecule has 9 heteroatoms. The molecule has 20 heavy (non-hydrogen) atoms. The van der Waals surface area contributed by atoms with Crippen LogP contribution in [0.2, 0.25) is 0 Å². The number of nitrogens with two attached hydrogens (primary N) is 1. The molecule has 2 rings (SSSR count). The largest absolute Gasteiger partial charge is 0.463 e. The fourth-order valence-corrected chi connectivity index (χ4v) is 1.92. The fourth-order valence-electron chi connectivity index (χ4n) is 1.92. The standard InChI is InChI=1S/C11H15N3O6/c1-5(15)19-4-6-8(16)9(17)10(20-6)14-3-2-7(12)13-11(14)18/h2-3,6,8-10,16-17H,4H2,1H3,(H2,12,13,18)/t6-,8?,9?,10-/m1/s1. The van der Waals surface area contributed by atoms with Crippen LogP contribution in [-0.2, 0) is 14.3 Å². The molecule has 2 heterocycles. The lowest BCUT2D eigenvalue weighted by molar-refractivity contribution is -0.147. The lowest BCUT2D eigenvalue weighted by Gasteiger charge is -2.16. The van der Waals surface area contributed by atoms with Gasteiger partial charge in [-0.15, -0.1) is 0 Å². The average molecular weight is 285 g/mol. The van der Waals surface area contributed by atoms with E-state index in [1.807, 2.05) is 0 Å². The van der Waals surface area contributed by atoms with E-state index in [1.165, 1.54) is 19.2 Å². The van der Waals surface area contributed by atoms with Crippen LogP contribution in [0.25, 0.3) is 0 Å². The summed E-state index contributed by atoms with van der Waals surface area (Å²) < 4.78 is 11.1. The summed E-state index contributed by atoms with van der Waals surface area (Å²) in [5.41, 5.74) is 4.65. The highest BCUT2D eigenvalue weighted by molar-refractivity contribution is 5.65. The Bertz CT molecular complexity index is 559. The molecule has 0 radical (unpaired) electrons. The van der Waals surface area contributed by atoms with E-state index in [9.17, 15) is 19.8 Å². The van der Waals surface area contributed by atoms with Gasteiger partial charge in [0.1, 0.15) is 30.7 Å². The first kappa shape index (κ1) is 14.4. The second-order valence-corrected chi connectivity index (χ2v) is 4.39. The normalized spacial score (nSPS) is 29.4. The van der Waals surface area contributed by atoms with Crippen molar-refractivity contribution in [2.45, 2.75) is 31.5 Å². The number of aliphatic hydroxyl groups is 2. The van der Waals surface area contributed by atoms with E-state index >= 15 is 0 Å². The monoisotopic (exact) mass is 285 g/mol. The van der Waals surface area contributed by atoms with E-state index in [4.69, 9.17) is 15.2 Å². The molecule has 1 fully saturated rings. The second kappa shape index (κ2) is 5.57. The molecule has 4 N–H and O–H groups in total. The molecule has 0 amide bonds. The number of rotatable bonds is 3. The summed E-state index contributed by atoms with van der Waals surface area (Å²) in [6.45, 7) is 0.991. The smallest absolute Gasteiger partial charge is 0.351 e. The Kier molecular flexibility index (Phi) is 4.02. The van der Waals surface area contributed by atoms with Crippen LogP contribution in [0.4, 0.5) is 5.82 Å². The third-order valence-electron chi connectivity index (χ3n) is 2.91. The highest BCUT2D eigenvalue weighted by Gasteiger charge is 2.44. The van der Waals surface area contributed by atoms with Gasteiger partial charge in [-0.05, 0) is 6.07 Å². The first-order valence-electron chi connectivity index (χ1n) is 5.89. The second-order valence-electron chi connectivity index (χ2n) is 4.39. The van der Waals surface area contributed by atoms with Gasteiger partial charge in [0.25, 0.3) is 0 Å². The van der Waals surface area contributed by atoms with E-state index in [0.29, 0.717) is 0 Å². The van der Waals surface area contributed by atoms with Gasteiger partial charge >= 0.3 is 11.7 Å². The van der Waals surface area contributed by atoms with Crippen LogP contribution in [0.3, 0.4) is 0 Å². The summed E-state index contributed by atoms with van der Waals surface area (Å²) in [5, 5.41) is 19.7. The summed E-state index contributed by atoms with van der Waals surface area (Å²) in [6, 6.07) is 1.36. The lowest BCUT2D eigenvalue weighted by Crippen LogP contribution is -2.36. The number of ether oxygens (including phenoxy) is 2. The molecule has 0 spiro atoms. The average Bonchev–Trinajstić information content (AvgIpc) is 2.64. The van der Waals surface area contributed by atoms with Crippen molar-refractivity contribution in [1.82, 2.24) is 9.55 Å². The van der Waals surface area contributed by atoms with Crippen LogP contribution in [0, 0.1) is 0 Å². The van der Waals surface area contributed by atoms with Crippen molar-refractivity contribution >= 4 is 11.8 Å². The van der Waals surface area contributed by atoms with Crippen molar-refractivity contribution in [2.24, 2.45) is 0 Å². The molecule has 0 aromatic carbocycles. The number of hydrogen-bond acceptors (Lipinski definition) is 8. The van der Waals surface area contributed by atoms with Gasteiger partial charge in [0.05, 0.1) is 0 Å². The lowest BCUT2D eigenvalue weighted by atomic mass is 10.1. The summed E-state index contributed by atoms with van der Waals surface area (Å²) in [5.74, 6) is -0.499. The summed E-state index contributed by atoms with van der Waals surface area (Å²) >= 11 is 0. The Hall–Kier alpha value is -1.97. The predicted molar refractivity (Wildman–Crippen MR) is 65.5 cm³/mol. The summed E-state index contributed by atoms with van der Waals surface area (Å²) in [7, 11) is 0. The molecule has 1 aliphatic heterocycles. The number of carbonyl (C=O) groups is 1. The minimum absolute atomic E-state index is 0.0377. The summed E-state index contributed by atoms with van der Waals surface area (Å²) in [6.07, 6.45) is -3.38. The first-order chi connectivity index (χ1) is 9.40. The molecule has 2 unspecified atom stereocenters. The maximum absolute atomic E-state index is 11.7. The van der Waals surface area contributed by atoms with Crippen LogP contribution in [0.15, 0.2) is 17.1 Å². The Morgan fingerprint density at radius 3 is 2.85 bits per heavy atom. The van der Waals surface area contributed by atoms with Crippen molar-refractivity contribution in [3.8, 4) is 0 Å². The van der Waals surface area contributed by atoms with Gasteiger partial charge in [-0.3, -0.25) is 9.36 Å². The number of esters is 1. The van der Waals surface area contributed by atoms with Crippen LogP contribution < -0.4 is 11.4 Å². The van der Waals surface area contributed by atoms with E-state index < -0.39 is 36.2 Å². The molecule has 1 aromatic rings. The van der Waals surface area contributed by atoms with Crippen LogP contribution in [-0.4, -0.2) is 50.7 Å². The highest BCUT2D eigenvalue weighted by Crippen LogP contribution is 2.28. The minimum atomic E-state index is -1.35. The molecule has 9 nitrogen and oxygen atoms in total. The molecular formula is C11H15N3O6. The van der Waals surface area contributed by atoms with E-state index in [1.54, 1.807) is 0 Å². The van der Waals surface area contributed by atoms with E-state index in [2.05, 4.69) is 4.98 Å². The van der Waals surface area contributed by atoms with Crippen LogP contribution >= 0.6 is 0 Å². The number of hydrogen-bond donors (Lipinski definition) is 3. The molecule has 4 atom stereocenters. The SMILES string of the molecule is CC(=O)OC[C@H]1O[C@@H](n2ccc(N)nc2=O)C(O)C1O. The molecule has 0 saturated carbocycles. The number of carbonyl (C=O) groups excluding carboxylic acids is 1. The molecule has 1 aliphatic rings. The zero-order valence-electron chi connectivity index (χ0n) is 10.7. The topological polar surface area (TPSA) is 137 Å². The predicted octanol–water partition coefficient (Wildman–Crippen LogP) is -1.99. The van der Waals surface area contributed by atoms with Gasteiger partial charge in [-0.2, -0.15) is 4.98 Å². The van der Waals surface area contributed by atoms with Gasteiger partial charge in [0.2, 0.25) is 0 Å². The quantitative estimate of drug-likeness (QED) is 0.543. The number of nitrogen functional groups attached to an aromatic ring is 1. The molecule has 0 aliphatic carbocycles. The number of aromatic nitrogens is 2. The van der Waals surface area contributed by atoms with Crippen LogP contribution in [0.5, 0.6) is 0 Å². The third kappa shape index (κ3) is 2.79. The maximum atomic E-state index is 11.7. The maximum Gasteiger partial charge on any atom is 0.351 e. The summed E-state index contributed by atoms with van der Waals surface area (Å²) in [4.78, 5) is 25.9. The zero-order chi connectivity index (χ0) is 14.9. The van der Waals surface area contributed by atoms with Crippen molar-refractivity contribution in [3.05, 3.63) is 22.7 Å². The first-order valence-corrected chi connectivity index (χ1v) is 5.89. The Labute approximate surface area is 113 Å². The van der Waals surface area contributed by atoms with Crippen molar-refractivity contribution in [1.29, 1.82) is 0 Å². The van der Waals surface area contributed by atoms with Gasteiger partial charge in [0, 0.05) is 13.1 Å². The van der Waals surface area contributed by atoms with Gasteiger partial charge in [-0.25, -0.2) is 4.79 Å². The third-order valence-corrected chi connectivity index (χ3v) is 2.91. The Morgan fingerprint density at radius 1 is 1.55 bits per heavy atom. The highest BCUT2D eigenvalue weighted by atomic mass is 16.6. The van der Waals surface area contributed by atoms with Gasteiger partial charge in [-0.1, -0.05) is 0 Å². The Balaban J connectivity index is 2.17. The molecular weight excluding hydrogens is 270 g/mol. The van der Waals surface area contributed by atoms with Gasteiger partial charge < -0.3 is 25.4 Å².